The minimum Gasteiger partial charge on any atom is -0.353 e. The Morgan fingerprint density at radius 1 is 1.15 bits per heavy atom. The van der Waals surface area contributed by atoms with Crippen molar-refractivity contribution in [2.24, 2.45) is 0 Å². The van der Waals surface area contributed by atoms with Gasteiger partial charge < -0.3 is 9.88 Å². The fraction of sp³-hybridized carbons (Fsp3) is 0.333. The largest absolute Gasteiger partial charge is 0.353 e. The van der Waals surface area contributed by atoms with Gasteiger partial charge in [0, 0.05) is 24.7 Å². The van der Waals surface area contributed by atoms with Gasteiger partial charge in [-0.05, 0) is 37.6 Å². The van der Waals surface area contributed by atoms with Gasteiger partial charge in [0.1, 0.15) is 5.82 Å². The number of carbonyl (C=O) groups is 1. The zero-order valence-corrected chi connectivity index (χ0v) is 16.3. The molecule has 0 spiro atoms. The van der Waals surface area contributed by atoms with E-state index in [4.69, 9.17) is 16.6 Å². The third kappa shape index (κ3) is 3.45. The first kappa shape index (κ1) is 18.0. The number of hydrogen-bond acceptors (Lipinski definition) is 3. The molecule has 140 valence electrons. The Hall–Kier alpha value is -2.37. The molecule has 1 aliphatic heterocycles. The summed E-state index contributed by atoms with van der Waals surface area (Å²) in [6, 6.07) is 16.2. The molecule has 0 unspecified atom stereocenters. The Morgan fingerprint density at radius 2 is 1.93 bits per heavy atom. The Balaban J connectivity index is 1.75. The molecule has 1 aliphatic rings. The number of hydrogen-bond donors (Lipinski definition) is 1. The van der Waals surface area contributed by atoms with Crippen molar-refractivity contribution in [1.29, 1.82) is 0 Å². The van der Waals surface area contributed by atoms with Crippen LogP contribution in [0.2, 0.25) is 5.02 Å². The van der Waals surface area contributed by atoms with Crippen LogP contribution in [0, 0.1) is 0 Å². The SMILES string of the molecule is CC1(C)C(=O)NCCN1Cc1nc2cc(Cl)ccc2n1Cc1ccccc1. The van der Waals surface area contributed by atoms with Crippen molar-refractivity contribution < 1.29 is 4.79 Å². The van der Waals surface area contributed by atoms with E-state index in [1.807, 2.05) is 50.2 Å². The summed E-state index contributed by atoms with van der Waals surface area (Å²) in [6.45, 7) is 6.72. The number of nitrogens with one attached hydrogen (secondary N) is 1. The number of aromatic nitrogens is 2. The van der Waals surface area contributed by atoms with Crippen LogP contribution in [0.25, 0.3) is 11.0 Å². The molecule has 0 atom stereocenters. The van der Waals surface area contributed by atoms with E-state index in [1.54, 1.807) is 0 Å². The fourth-order valence-electron chi connectivity index (χ4n) is 3.61. The summed E-state index contributed by atoms with van der Waals surface area (Å²) in [5.74, 6) is 1.00. The number of fused-ring (bicyclic) bond motifs is 1. The van der Waals surface area contributed by atoms with E-state index >= 15 is 0 Å². The summed E-state index contributed by atoms with van der Waals surface area (Å²) in [7, 11) is 0. The van der Waals surface area contributed by atoms with Crippen molar-refractivity contribution in [2.45, 2.75) is 32.5 Å². The minimum atomic E-state index is -0.564. The lowest BCUT2D eigenvalue weighted by molar-refractivity contribution is -0.135. The smallest absolute Gasteiger partial charge is 0.240 e. The summed E-state index contributed by atoms with van der Waals surface area (Å²) < 4.78 is 2.23. The van der Waals surface area contributed by atoms with Crippen molar-refractivity contribution in [3.05, 3.63) is 64.9 Å². The number of benzene rings is 2. The van der Waals surface area contributed by atoms with E-state index < -0.39 is 5.54 Å². The molecule has 0 radical (unpaired) electrons. The van der Waals surface area contributed by atoms with Crippen LogP contribution < -0.4 is 5.32 Å². The molecule has 2 heterocycles. The molecule has 0 bridgehead atoms. The first-order valence-corrected chi connectivity index (χ1v) is 9.55. The van der Waals surface area contributed by atoms with E-state index in [1.165, 1.54) is 5.56 Å². The van der Waals surface area contributed by atoms with Crippen LogP contribution in [-0.4, -0.2) is 39.0 Å². The van der Waals surface area contributed by atoms with E-state index in [0.717, 1.165) is 29.9 Å². The third-order valence-corrected chi connectivity index (χ3v) is 5.55. The lowest BCUT2D eigenvalue weighted by Gasteiger charge is -2.40. The zero-order chi connectivity index (χ0) is 19.0. The fourth-order valence-corrected chi connectivity index (χ4v) is 3.77. The summed E-state index contributed by atoms with van der Waals surface area (Å²) >= 11 is 6.18. The van der Waals surface area contributed by atoms with Crippen LogP contribution in [0.15, 0.2) is 48.5 Å². The monoisotopic (exact) mass is 382 g/mol. The van der Waals surface area contributed by atoms with Gasteiger partial charge in [0.05, 0.1) is 23.1 Å². The van der Waals surface area contributed by atoms with Crippen molar-refractivity contribution >= 4 is 28.5 Å². The van der Waals surface area contributed by atoms with Crippen LogP contribution in [0.1, 0.15) is 25.2 Å². The number of piperazine rings is 1. The van der Waals surface area contributed by atoms with Gasteiger partial charge in [-0.3, -0.25) is 9.69 Å². The molecule has 2 aromatic carbocycles. The first-order chi connectivity index (χ1) is 12.9. The number of halogens is 1. The molecule has 5 nitrogen and oxygen atoms in total. The normalized spacial score (nSPS) is 17.2. The van der Waals surface area contributed by atoms with Gasteiger partial charge in [0.2, 0.25) is 5.91 Å². The molecule has 1 N–H and O–H groups in total. The molecule has 1 aromatic heterocycles. The molecule has 3 aromatic rings. The predicted octanol–water partition coefficient (Wildman–Crippen LogP) is 3.45. The van der Waals surface area contributed by atoms with Crippen LogP contribution in [-0.2, 0) is 17.9 Å². The average Bonchev–Trinajstić information content (AvgIpc) is 2.96. The first-order valence-electron chi connectivity index (χ1n) is 9.17. The summed E-state index contributed by atoms with van der Waals surface area (Å²) in [5.41, 5.74) is 2.58. The molecule has 1 amide bonds. The molecule has 1 saturated heterocycles. The summed E-state index contributed by atoms with van der Waals surface area (Å²) in [5, 5.41) is 3.63. The third-order valence-electron chi connectivity index (χ3n) is 5.32. The molecule has 4 rings (SSSR count). The lowest BCUT2D eigenvalue weighted by atomic mass is 9.99. The van der Waals surface area contributed by atoms with E-state index in [-0.39, 0.29) is 5.91 Å². The van der Waals surface area contributed by atoms with Crippen LogP contribution in [0.4, 0.5) is 0 Å². The average molecular weight is 383 g/mol. The van der Waals surface area contributed by atoms with E-state index in [2.05, 4.69) is 26.9 Å². The lowest BCUT2D eigenvalue weighted by Crippen LogP contribution is -2.61. The van der Waals surface area contributed by atoms with Gasteiger partial charge in [-0.1, -0.05) is 41.9 Å². The molecule has 6 heteroatoms. The molecule has 27 heavy (non-hydrogen) atoms. The summed E-state index contributed by atoms with van der Waals surface area (Å²) in [6.07, 6.45) is 0. The van der Waals surface area contributed by atoms with Crippen molar-refractivity contribution in [3.63, 3.8) is 0 Å². The molecule has 0 saturated carbocycles. The van der Waals surface area contributed by atoms with Gasteiger partial charge in [0.15, 0.2) is 0 Å². The van der Waals surface area contributed by atoms with E-state index in [0.29, 0.717) is 18.1 Å². The Morgan fingerprint density at radius 3 is 2.70 bits per heavy atom. The Bertz CT molecular complexity index is 981. The van der Waals surface area contributed by atoms with Gasteiger partial charge >= 0.3 is 0 Å². The van der Waals surface area contributed by atoms with Gasteiger partial charge in [0.25, 0.3) is 0 Å². The Kier molecular flexibility index (Phi) is 4.66. The second kappa shape index (κ2) is 6.98. The molecule has 0 aliphatic carbocycles. The summed E-state index contributed by atoms with van der Waals surface area (Å²) in [4.78, 5) is 19.4. The van der Waals surface area contributed by atoms with Crippen LogP contribution >= 0.6 is 11.6 Å². The van der Waals surface area contributed by atoms with Gasteiger partial charge in [-0.25, -0.2) is 4.98 Å². The van der Waals surface area contributed by atoms with Crippen molar-refractivity contribution in [1.82, 2.24) is 19.8 Å². The highest BCUT2D eigenvalue weighted by Crippen LogP contribution is 2.25. The zero-order valence-electron chi connectivity index (χ0n) is 15.6. The van der Waals surface area contributed by atoms with Crippen LogP contribution in [0.3, 0.4) is 0 Å². The van der Waals surface area contributed by atoms with Gasteiger partial charge in [-0.2, -0.15) is 0 Å². The quantitative estimate of drug-likeness (QED) is 0.751. The second-order valence-electron chi connectivity index (χ2n) is 7.47. The number of carbonyl (C=O) groups excluding carboxylic acids is 1. The van der Waals surface area contributed by atoms with Crippen LogP contribution in [0.5, 0.6) is 0 Å². The predicted molar refractivity (Wildman–Crippen MR) is 108 cm³/mol. The van der Waals surface area contributed by atoms with Crippen molar-refractivity contribution in [3.8, 4) is 0 Å². The maximum absolute atomic E-state index is 12.3. The standard InChI is InChI=1S/C21H23ClN4O/c1-21(2)20(27)23-10-11-25(21)14-19-24-17-12-16(22)8-9-18(17)26(19)13-15-6-4-3-5-7-15/h3-9,12H,10-11,13-14H2,1-2H3,(H,23,27). The highest BCUT2D eigenvalue weighted by Gasteiger charge is 2.38. The Labute approximate surface area is 163 Å². The maximum Gasteiger partial charge on any atom is 0.240 e. The van der Waals surface area contributed by atoms with E-state index in [9.17, 15) is 4.79 Å². The number of rotatable bonds is 4. The minimum absolute atomic E-state index is 0.0579. The number of nitrogens with zero attached hydrogens (tertiary/aromatic N) is 3. The van der Waals surface area contributed by atoms with Crippen molar-refractivity contribution in [2.75, 3.05) is 13.1 Å². The maximum atomic E-state index is 12.3. The molecular weight excluding hydrogens is 360 g/mol. The highest BCUT2D eigenvalue weighted by atomic mass is 35.5. The molecular formula is C21H23ClN4O. The van der Waals surface area contributed by atoms with Gasteiger partial charge in [-0.15, -0.1) is 0 Å². The number of amides is 1. The second-order valence-corrected chi connectivity index (χ2v) is 7.91. The topological polar surface area (TPSA) is 50.2 Å². The molecule has 1 fully saturated rings. The highest BCUT2D eigenvalue weighted by molar-refractivity contribution is 6.31. The number of imidazole rings is 1.